The van der Waals surface area contributed by atoms with Crippen molar-refractivity contribution in [1.29, 1.82) is 0 Å². The molecule has 3 N–H and O–H groups in total. The van der Waals surface area contributed by atoms with E-state index >= 15 is 0 Å². The van der Waals surface area contributed by atoms with Gasteiger partial charge in [-0.05, 0) is 25.7 Å². The van der Waals surface area contributed by atoms with Crippen LogP contribution >= 0.6 is 12.2 Å². The van der Waals surface area contributed by atoms with E-state index in [1.165, 1.54) is 0 Å². The van der Waals surface area contributed by atoms with Crippen molar-refractivity contribution >= 4 is 23.1 Å². The second-order valence-corrected chi connectivity index (χ2v) is 5.37. The quantitative estimate of drug-likeness (QED) is 0.674. The molecule has 1 aliphatic rings. The summed E-state index contributed by atoms with van der Waals surface area (Å²) in [4.78, 5) is 12.4. The molecule has 1 aliphatic carbocycles. The predicted octanol–water partition coefficient (Wildman–Crippen LogP) is 1.23. The van der Waals surface area contributed by atoms with E-state index in [4.69, 9.17) is 22.7 Å². The number of nitrogens with one attached hydrogen (secondary N) is 1. The Morgan fingerprint density at radius 1 is 1.53 bits per heavy atom. The van der Waals surface area contributed by atoms with Gasteiger partial charge in [0.15, 0.2) is 0 Å². The van der Waals surface area contributed by atoms with Gasteiger partial charge in [0.2, 0.25) is 5.91 Å². The SMILES string of the molecule is CCOCC(NC(=O)C1(C(N)=S)CC1)C(C)C. The summed E-state index contributed by atoms with van der Waals surface area (Å²) >= 11 is 4.96. The minimum absolute atomic E-state index is 0.0225. The van der Waals surface area contributed by atoms with E-state index in [1.807, 2.05) is 6.92 Å². The Morgan fingerprint density at radius 3 is 2.47 bits per heavy atom. The summed E-state index contributed by atoms with van der Waals surface area (Å²) in [6.45, 7) is 7.25. The van der Waals surface area contributed by atoms with Crippen molar-refractivity contribution in [3.63, 3.8) is 0 Å². The van der Waals surface area contributed by atoms with Gasteiger partial charge in [0.05, 0.1) is 23.1 Å². The van der Waals surface area contributed by atoms with Crippen molar-refractivity contribution in [3.8, 4) is 0 Å². The molecular formula is C12H22N2O2S. The Kier molecular flexibility index (Phi) is 4.89. The number of nitrogens with two attached hydrogens (primary N) is 1. The third kappa shape index (κ3) is 3.39. The zero-order chi connectivity index (χ0) is 13.1. The summed E-state index contributed by atoms with van der Waals surface area (Å²) in [5.41, 5.74) is 5.05. The van der Waals surface area contributed by atoms with Gasteiger partial charge in [-0.25, -0.2) is 0 Å². The highest BCUT2D eigenvalue weighted by Gasteiger charge is 2.53. The second-order valence-electron chi connectivity index (χ2n) is 4.93. The average molecular weight is 258 g/mol. The van der Waals surface area contributed by atoms with Crippen LogP contribution in [0, 0.1) is 11.3 Å². The monoisotopic (exact) mass is 258 g/mol. The summed E-state index contributed by atoms with van der Waals surface area (Å²) in [6.07, 6.45) is 1.54. The Morgan fingerprint density at radius 2 is 2.12 bits per heavy atom. The van der Waals surface area contributed by atoms with Crippen molar-refractivity contribution in [2.75, 3.05) is 13.2 Å². The number of carbonyl (C=O) groups is 1. The van der Waals surface area contributed by atoms with E-state index in [0.717, 1.165) is 12.8 Å². The predicted molar refractivity (Wildman–Crippen MR) is 71.7 cm³/mol. The molecule has 0 aliphatic heterocycles. The fourth-order valence-corrected chi connectivity index (χ4v) is 1.96. The van der Waals surface area contributed by atoms with E-state index in [1.54, 1.807) is 0 Å². The molecule has 0 aromatic carbocycles. The fraction of sp³-hybridized carbons (Fsp3) is 0.833. The zero-order valence-electron chi connectivity index (χ0n) is 10.8. The molecule has 98 valence electrons. The maximum Gasteiger partial charge on any atom is 0.233 e. The molecule has 4 nitrogen and oxygen atoms in total. The van der Waals surface area contributed by atoms with Crippen molar-refractivity contribution in [2.45, 2.75) is 39.7 Å². The minimum Gasteiger partial charge on any atom is -0.392 e. The molecule has 5 heteroatoms. The summed E-state index contributed by atoms with van der Waals surface area (Å²) in [5, 5.41) is 3.00. The number of hydrogen-bond donors (Lipinski definition) is 2. The lowest BCUT2D eigenvalue weighted by molar-refractivity contribution is -0.125. The summed E-state index contributed by atoms with van der Waals surface area (Å²) < 4.78 is 5.37. The Bertz CT molecular complexity index is 301. The first-order chi connectivity index (χ1) is 7.94. The van der Waals surface area contributed by atoms with Crippen molar-refractivity contribution in [3.05, 3.63) is 0 Å². The van der Waals surface area contributed by atoms with Crippen LogP contribution in [0.25, 0.3) is 0 Å². The van der Waals surface area contributed by atoms with Crippen LogP contribution in [0.1, 0.15) is 33.6 Å². The van der Waals surface area contributed by atoms with Gasteiger partial charge in [0.1, 0.15) is 0 Å². The van der Waals surface area contributed by atoms with E-state index in [2.05, 4.69) is 19.2 Å². The van der Waals surface area contributed by atoms with Gasteiger partial charge in [0, 0.05) is 6.61 Å². The zero-order valence-corrected chi connectivity index (χ0v) is 11.6. The minimum atomic E-state index is -0.575. The molecule has 0 heterocycles. The van der Waals surface area contributed by atoms with Crippen LogP contribution in [0.2, 0.25) is 0 Å². The van der Waals surface area contributed by atoms with Crippen molar-refractivity contribution < 1.29 is 9.53 Å². The molecule has 1 fully saturated rings. The lowest BCUT2D eigenvalue weighted by Crippen LogP contribution is -2.48. The van der Waals surface area contributed by atoms with Crippen LogP contribution < -0.4 is 11.1 Å². The Hall–Kier alpha value is -0.680. The van der Waals surface area contributed by atoms with E-state index in [0.29, 0.717) is 24.1 Å². The van der Waals surface area contributed by atoms with Crippen LogP contribution in [-0.2, 0) is 9.53 Å². The first-order valence-electron chi connectivity index (χ1n) is 6.12. The number of rotatable bonds is 7. The second kappa shape index (κ2) is 5.78. The van der Waals surface area contributed by atoms with Gasteiger partial charge < -0.3 is 15.8 Å². The molecule has 0 spiro atoms. The van der Waals surface area contributed by atoms with Crippen LogP contribution in [0.4, 0.5) is 0 Å². The number of thiocarbonyl (C=S) groups is 1. The highest BCUT2D eigenvalue weighted by Crippen LogP contribution is 2.46. The summed E-state index contributed by atoms with van der Waals surface area (Å²) in [7, 11) is 0. The Balaban J connectivity index is 2.55. The molecule has 0 saturated heterocycles. The van der Waals surface area contributed by atoms with Crippen LogP contribution in [0.15, 0.2) is 0 Å². The molecule has 0 bridgehead atoms. The molecule has 1 unspecified atom stereocenters. The van der Waals surface area contributed by atoms with Gasteiger partial charge >= 0.3 is 0 Å². The summed E-state index contributed by atoms with van der Waals surface area (Å²) in [5.74, 6) is 0.288. The van der Waals surface area contributed by atoms with Crippen molar-refractivity contribution in [1.82, 2.24) is 5.32 Å². The lowest BCUT2D eigenvalue weighted by atomic mass is 10.0. The smallest absolute Gasteiger partial charge is 0.233 e. The molecule has 1 saturated carbocycles. The van der Waals surface area contributed by atoms with Gasteiger partial charge in [-0.1, -0.05) is 26.1 Å². The van der Waals surface area contributed by atoms with Crippen LogP contribution in [-0.4, -0.2) is 30.2 Å². The molecular weight excluding hydrogens is 236 g/mol. The lowest BCUT2D eigenvalue weighted by Gasteiger charge is -2.24. The molecule has 17 heavy (non-hydrogen) atoms. The maximum absolute atomic E-state index is 12.1. The molecule has 0 aromatic heterocycles. The first-order valence-corrected chi connectivity index (χ1v) is 6.53. The largest absolute Gasteiger partial charge is 0.392 e. The van der Waals surface area contributed by atoms with E-state index in [9.17, 15) is 4.79 Å². The number of amides is 1. The number of carbonyl (C=O) groups excluding carboxylic acids is 1. The molecule has 0 aromatic rings. The van der Waals surface area contributed by atoms with E-state index < -0.39 is 5.41 Å². The van der Waals surface area contributed by atoms with Gasteiger partial charge in [-0.3, -0.25) is 4.79 Å². The van der Waals surface area contributed by atoms with E-state index in [-0.39, 0.29) is 11.9 Å². The van der Waals surface area contributed by atoms with Gasteiger partial charge in [0.25, 0.3) is 0 Å². The van der Waals surface area contributed by atoms with Gasteiger partial charge in [-0.15, -0.1) is 0 Å². The Labute approximate surface area is 108 Å². The molecule has 1 amide bonds. The summed E-state index contributed by atoms with van der Waals surface area (Å²) in [6, 6.07) is 0.0225. The van der Waals surface area contributed by atoms with Crippen LogP contribution in [0.3, 0.4) is 0 Å². The standard InChI is InChI=1S/C12H22N2O2S/c1-4-16-7-9(8(2)3)14-11(15)12(5-6-12)10(13)17/h8-9H,4-7H2,1-3H3,(H2,13,17)(H,14,15). The highest BCUT2D eigenvalue weighted by atomic mass is 32.1. The average Bonchev–Trinajstić information content (AvgIpc) is 3.04. The first kappa shape index (κ1) is 14.4. The maximum atomic E-state index is 12.1. The number of ether oxygens (including phenoxy) is 1. The fourth-order valence-electron chi connectivity index (χ4n) is 1.66. The third-order valence-corrected chi connectivity index (χ3v) is 3.67. The topological polar surface area (TPSA) is 64.3 Å². The number of hydrogen-bond acceptors (Lipinski definition) is 3. The third-order valence-electron chi connectivity index (χ3n) is 3.28. The molecule has 0 radical (unpaired) electrons. The van der Waals surface area contributed by atoms with Gasteiger partial charge in [-0.2, -0.15) is 0 Å². The highest BCUT2D eigenvalue weighted by molar-refractivity contribution is 7.80. The van der Waals surface area contributed by atoms with Crippen molar-refractivity contribution in [2.24, 2.45) is 17.1 Å². The molecule has 1 atom stereocenters. The van der Waals surface area contributed by atoms with Crippen LogP contribution in [0.5, 0.6) is 0 Å². The normalized spacial score (nSPS) is 18.8. The molecule has 1 rings (SSSR count).